The van der Waals surface area contributed by atoms with Crippen molar-refractivity contribution in [1.29, 1.82) is 0 Å². The van der Waals surface area contributed by atoms with Gasteiger partial charge in [-0.15, -0.1) is 0 Å². The number of hydrogen-bond donors (Lipinski definition) is 3. The van der Waals surface area contributed by atoms with E-state index in [-0.39, 0.29) is 24.5 Å². The van der Waals surface area contributed by atoms with Gasteiger partial charge in [-0.2, -0.15) is 0 Å². The predicted octanol–water partition coefficient (Wildman–Crippen LogP) is 3.41. The molecule has 1 aromatic heterocycles. The minimum absolute atomic E-state index is 0.0482. The van der Waals surface area contributed by atoms with Crippen molar-refractivity contribution in [3.8, 4) is 0 Å². The van der Waals surface area contributed by atoms with E-state index in [0.29, 0.717) is 37.4 Å². The maximum atomic E-state index is 13.4. The molecular formula is C31H38FN7O2. The molecule has 0 unspecified atom stereocenters. The summed E-state index contributed by atoms with van der Waals surface area (Å²) >= 11 is 0. The third-order valence-electron chi connectivity index (χ3n) is 7.98. The Labute approximate surface area is 240 Å². The van der Waals surface area contributed by atoms with Crippen molar-refractivity contribution in [3.63, 3.8) is 0 Å². The van der Waals surface area contributed by atoms with Crippen LogP contribution in [0, 0.1) is 6.92 Å². The molecule has 0 bridgehead atoms. The Bertz CT molecular complexity index is 1480. The number of aryl methyl sites for hydroxylation is 1. The van der Waals surface area contributed by atoms with E-state index in [9.17, 15) is 9.18 Å². The standard InChI is InChI=1S/C31H38FN7O2/c1-20-15-23(27(33)5-6-28(34)41-2)17-26-29(20)36-19-37-30(26)39-12-7-21-3-4-22(16-24(21)18-39)31(40)38-13-8-25(9-14-38)35-11-10-32/h3-6,15-17,19,25,35H,7-14,18,33-34H2,1-2H3/b27-5-,28-6+. The second kappa shape index (κ2) is 12.6. The number of allylic oxidation sites excluding steroid dienone is 2. The molecule has 2 aliphatic heterocycles. The van der Waals surface area contributed by atoms with E-state index in [2.05, 4.69) is 26.3 Å². The van der Waals surface area contributed by atoms with Crippen molar-refractivity contribution >= 4 is 28.3 Å². The highest BCUT2D eigenvalue weighted by atomic mass is 19.1. The molecule has 1 fully saturated rings. The fourth-order valence-corrected chi connectivity index (χ4v) is 5.69. The molecule has 2 aliphatic rings. The number of fused-ring (bicyclic) bond motifs is 2. The molecule has 2 aromatic carbocycles. The first-order valence-electron chi connectivity index (χ1n) is 14.1. The fourth-order valence-electron chi connectivity index (χ4n) is 5.69. The van der Waals surface area contributed by atoms with Gasteiger partial charge in [0.1, 0.15) is 18.8 Å². The number of aromatic nitrogens is 2. The van der Waals surface area contributed by atoms with Crippen LogP contribution in [0.2, 0.25) is 0 Å². The normalized spacial score (nSPS) is 16.7. The molecule has 1 saturated heterocycles. The summed E-state index contributed by atoms with van der Waals surface area (Å²) in [5.41, 5.74) is 18.5. The summed E-state index contributed by atoms with van der Waals surface area (Å²) in [6.07, 6.45) is 7.48. The Morgan fingerprint density at radius 2 is 1.90 bits per heavy atom. The summed E-state index contributed by atoms with van der Waals surface area (Å²) in [5, 5.41) is 4.14. The Kier molecular flexibility index (Phi) is 8.68. The molecule has 216 valence electrons. The van der Waals surface area contributed by atoms with Crippen LogP contribution in [-0.4, -0.2) is 66.8 Å². The van der Waals surface area contributed by atoms with Crippen molar-refractivity contribution in [2.45, 2.75) is 38.8 Å². The number of carbonyl (C=O) groups is 1. The Hall–Kier alpha value is -4.18. The largest absolute Gasteiger partial charge is 0.483 e. The summed E-state index contributed by atoms with van der Waals surface area (Å²) in [5.74, 6) is 1.16. The number of nitrogens with two attached hydrogens (primary N) is 2. The number of hydrogen-bond acceptors (Lipinski definition) is 8. The summed E-state index contributed by atoms with van der Waals surface area (Å²) < 4.78 is 17.5. The molecule has 5 N–H and O–H groups in total. The molecule has 5 rings (SSSR count). The van der Waals surface area contributed by atoms with Crippen LogP contribution < -0.4 is 21.7 Å². The zero-order chi connectivity index (χ0) is 28.9. The number of ether oxygens (including phenoxy) is 1. The Morgan fingerprint density at radius 3 is 2.66 bits per heavy atom. The monoisotopic (exact) mass is 559 g/mol. The van der Waals surface area contributed by atoms with Crippen LogP contribution in [-0.2, 0) is 17.7 Å². The van der Waals surface area contributed by atoms with Crippen LogP contribution in [0.4, 0.5) is 10.2 Å². The number of carbonyl (C=O) groups excluding carboxylic acids is 1. The van der Waals surface area contributed by atoms with Gasteiger partial charge in [-0.1, -0.05) is 6.07 Å². The molecular weight excluding hydrogens is 521 g/mol. The number of methoxy groups -OCH3 is 1. The third kappa shape index (κ3) is 6.27. The smallest absolute Gasteiger partial charge is 0.253 e. The zero-order valence-electron chi connectivity index (χ0n) is 23.7. The number of piperidine rings is 1. The van der Waals surface area contributed by atoms with Gasteiger partial charge < -0.3 is 31.3 Å². The van der Waals surface area contributed by atoms with Gasteiger partial charge in [-0.05, 0) is 84.9 Å². The van der Waals surface area contributed by atoms with Crippen LogP contribution in [0.5, 0.6) is 0 Å². The highest BCUT2D eigenvalue weighted by molar-refractivity contribution is 5.95. The quantitative estimate of drug-likeness (QED) is 0.284. The lowest BCUT2D eigenvalue weighted by atomic mass is 9.96. The number of anilines is 1. The maximum Gasteiger partial charge on any atom is 0.253 e. The van der Waals surface area contributed by atoms with E-state index in [4.69, 9.17) is 16.2 Å². The first-order chi connectivity index (χ1) is 19.9. The molecule has 3 heterocycles. The highest BCUT2D eigenvalue weighted by Crippen LogP contribution is 2.32. The number of rotatable bonds is 8. The van der Waals surface area contributed by atoms with Crippen LogP contribution in [0.15, 0.2) is 54.7 Å². The third-order valence-corrected chi connectivity index (χ3v) is 7.98. The average molecular weight is 560 g/mol. The van der Waals surface area contributed by atoms with Gasteiger partial charge in [-0.3, -0.25) is 4.79 Å². The minimum Gasteiger partial charge on any atom is -0.483 e. The predicted molar refractivity (Wildman–Crippen MR) is 160 cm³/mol. The molecule has 0 aliphatic carbocycles. The summed E-state index contributed by atoms with van der Waals surface area (Å²) in [6.45, 7) is 4.79. The second-order valence-electron chi connectivity index (χ2n) is 10.6. The lowest BCUT2D eigenvalue weighted by Crippen LogP contribution is -2.45. The van der Waals surface area contributed by atoms with Crippen molar-refractivity contribution in [2.75, 3.05) is 44.9 Å². The zero-order valence-corrected chi connectivity index (χ0v) is 23.7. The molecule has 41 heavy (non-hydrogen) atoms. The molecule has 9 nitrogen and oxygen atoms in total. The number of likely N-dealkylation sites (tertiary alicyclic amines) is 1. The van der Waals surface area contributed by atoms with E-state index in [1.165, 1.54) is 12.7 Å². The Morgan fingerprint density at radius 1 is 1.10 bits per heavy atom. The van der Waals surface area contributed by atoms with Gasteiger partial charge in [-0.25, -0.2) is 14.4 Å². The van der Waals surface area contributed by atoms with Crippen molar-refractivity contribution < 1.29 is 13.9 Å². The lowest BCUT2D eigenvalue weighted by molar-refractivity contribution is 0.0704. The fraction of sp³-hybridized carbons (Fsp3) is 0.387. The topological polar surface area (TPSA) is 123 Å². The number of nitrogens with one attached hydrogen (secondary N) is 1. The van der Waals surface area contributed by atoms with E-state index in [1.54, 1.807) is 18.5 Å². The van der Waals surface area contributed by atoms with Gasteiger partial charge in [0, 0.05) is 55.4 Å². The molecule has 3 aromatic rings. The molecule has 0 atom stereocenters. The number of amides is 1. The van der Waals surface area contributed by atoms with E-state index < -0.39 is 0 Å². The summed E-state index contributed by atoms with van der Waals surface area (Å²) in [7, 11) is 1.51. The van der Waals surface area contributed by atoms with Crippen molar-refractivity contribution in [3.05, 3.63) is 82.5 Å². The number of halogens is 1. The van der Waals surface area contributed by atoms with Crippen molar-refractivity contribution in [1.82, 2.24) is 20.2 Å². The van der Waals surface area contributed by atoms with Crippen molar-refractivity contribution in [2.24, 2.45) is 11.5 Å². The van der Waals surface area contributed by atoms with Gasteiger partial charge in [0.25, 0.3) is 5.91 Å². The van der Waals surface area contributed by atoms with Crippen LogP contribution in [0.1, 0.15) is 45.5 Å². The molecule has 0 saturated carbocycles. The SMILES string of the molecule is CO/C(N)=C/C=C(\N)c1cc(C)c2ncnc(N3CCc4ccc(C(=O)N5CCC(NCCF)CC5)cc4C3)c2c1. The summed E-state index contributed by atoms with van der Waals surface area (Å²) in [6, 6.07) is 10.3. The second-order valence-corrected chi connectivity index (χ2v) is 10.6. The number of alkyl halides is 1. The minimum atomic E-state index is -0.371. The maximum absolute atomic E-state index is 13.4. The Balaban J connectivity index is 1.38. The van der Waals surface area contributed by atoms with E-state index >= 15 is 0 Å². The average Bonchev–Trinajstić information content (AvgIpc) is 3.01. The molecule has 1 amide bonds. The molecule has 0 radical (unpaired) electrons. The van der Waals surface area contributed by atoms with E-state index in [1.807, 2.05) is 36.1 Å². The lowest BCUT2D eigenvalue weighted by Gasteiger charge is -2.33. The van der Waals surface area contributed by atoms with E-state index in [0.717, 1.165) is 59.2 Å². The molecule has 10 heteroatoms. The van der Waals surface area contributed by atoms with Gasteiger partial charge >= 0.3 is 0 Å². The highest BCUT2D eigenvalue weighted by Gasteiger charge is 2.26. The van der Waals surface area contributed by atoms with Crippen LogP contribution >= 0.6 is 0 Å². The van der Waals surface area contributed by atoms with Gasteiger partial charge in [0.2, 0.25) is 0 Å². The van der Waals surface area contributed by atoms with Gasteiger partial charge in [0.15, 0.2) is 5.88 Å². The first-order valence-corrected chi connectivity index (χ1v) is 14.1. The summed E-state index contributed by atoms with van der Waals surface area (Å²) in [4.78, 5) is 26.8. The van der Waals surface area contributed by atoms with Gasteiger partial charge in [0.05, 0.1) is 12.6 Å². The first kappa shape index (κ1) is 28.4. The van der Waals surface area contributed by atoms with Crippen LogP contribution in [0.25, 0.3) is 16.6 Å². The molecule has 0 spiro atoms. The van der Waals surface area contributed by atoms with Crippen LogP contribution in [0.3, 0.4) is 0 Å². The number of nitrogens with zero attached hydrogens (tertiary/aromatic N) is 4. The number of benzene rings is 2.